The summed E-state index contributed by atoms with van der Waals surface area (Å²) >= 11 is 1.02. The number of imide groups is 1. The van der Waals surface area contributed by atoms with Crippen LogP contribution >= 0.6 is 11.8 Å². The van der Waals surface area contributed by atoms with E-state index < -0.39 is 5.37 Å². The van der Waals surface area contributed by atoms with Crippen molar-refractivity contribution in [2.45, 2.75) is 26.1 Å². The van der Waals surface area contributed by atoms with Crippen molar-refractivity contribution in [2.24, 2.45) is 0 Å². The van der Waals surface area contributed by atoms with Crippen LogP contribution in [0, 0.1) is 20.8 Å². The fourth-order valence-corrected chi connectivity index (χ4v) is 3.51. The molecule has 3 rings (SSSR count). The van der Waals surface area contributed by atoms with Crippen molar-refractivity contribution >= 4 is 34.3 Å². The van der Waals surface area contributed by atoms with Crippen LogP contribution in [0.3, 0.4) is 0 Å². The molecule has 1 saturated heterocycles. The number of amides is 2. The van der Waals surface area contributed by atoms with Gasteiger partial charge >= 0.3 is 0 Å². The summed E-state index contributed by atoms with van der Waals surface area (Å²) in [6.45, 7) is 5.95. The van der Waals surface area contributed by atoms with Gasteiger partial charge in [0.1, 0.15) is 0 Å². The number of carbonyl (C=O) groups is 2. The van der Waals surface area contributed by atoms with Gasteiger partial charge in [-0.05, 0) is 61.9 Å². The number of hydrogen-bond acceptors (Lipinski definition) is 4. The standard InChI is InChI=1S/C18H18N2O2S/c1-11-5-4-6-14(10-11)20-17(21)16(23-18(20)22)19-15-8-7-12(2)9-13(15)3/h4-10,16,19H,1-3H3. The Balaban J connectivity index is 1.84. The van der Waals surface area contributed by atoms with Gasteiger partial charge in [-0.2, -0.15) is 0 Å². The van der Waals surface area contributed by atoms with Gasteiger partial charge in [0.05, 0.1) is 5.69 Å². The highest BCUT2D eigenvalue weighted by Crippen LogP contribution is 2.33. The lowest BCUT2D eigenvalue weighted by Gasteiger charge is -2.16. The van der Waals surface area contributed by atoms with E-state index in [1.165, 1.54) is 4.90 Å². The molecule has 5 heteroatoms. The Morgan fingerprint density at radius 1 is 1.00 bits per heavy atom. The topological polar surface area (TPSA) is 49.4 Å². The number of anilines is 2. The summed E-state index contributed by atoms with van der Waals surface area (Å²) in [5.41, 5.74) is 4.73. The van der Waals surface area contributed by atoms with Gasteiger partial charge in [0.25, 0.3) is 11.1 Å². The monoisotopic (exact) mass is 326 g/mol. The predicted octanol–water partition coefficient (Wildman–Crippen LogP) is 4.25. The Hall–Kier alpha value is -2.27. The van der Waals surface area contributed by atoms with Gasteiger partial charge in [-0.1, -0.05) is 29.8 Å². The summed E-state index contributed by atoms with van der Waals surface area (Å²) in [5.74, 6) is -0.231. The molecule has 1 fully saturated rings. The number of thioether (sulfide) groups is 1. The summed E-state index contributed by atoms with van der Waals surface area (Å²) in [6, 6.07) is 13.4. The molecule has 1 aliphatic rings. The molecule has 1 heterocycles. The Labute approximate surface area is 139 Å². The third-order valence-electron chi connectivity index (χ3n) is 3.77. The van der Waals surface area contributed by atoms with Crippen molar-refractivity contribution in [3.63, 3.8) is 0 Å². The number of hydrogen-bond donors (Lipinski definition) is 1. The minimum Gasteiger partial charge on any atom is -0.365 e. The molecule has 0 bridgehead atoms. The molecular formula is C18H18N2O2S. The number of aryl methyl sites for hydroxylation is 3. The van der Waals surface area contributed by atoms with E-state index in [9.17, 15) is 9.59 Å². The zero-order chi connectivity index (χ0) is 16.6. The maximum absolute atomic E-state index is 12.6. The van der Waals surface area contributed by atoms with Crippen molar-refractivity contribution in [2.75, 3.05) is 10.2 Å². The van der Waals surface area contributed by atoms with E-state index in [2.05, 4.69) is 5.32 Å². The van der Waals surface area contributed by atoms with Crippen LogP contribution in [-0.4, -0.2) is 16.5 Å². The molecule has 1 aliphatic heterocycles. The predicted molar refractivity (Wildman–Crippen MR) is 95.0 cm³/mol. The van der Waals surface area contributed by atoms with Crippen LogP contribution in [0.4, 0.5) is 16.2 Å². The van der Waals surface area contributed by atoms with Crippen LogP contribution in [0.1, 0.15) is 16.7 Å². The lowest BCUT2D eigenvalue weighted by Crippen LogP contribution is -2.34. The number of carbonyl (C=O) groups excluding carboxylic acids is 2. The van der Waals surface area contributed by atoms with E-state index in [1.54, 1.807) is 6.07 Å². The summed E-state index contributed by atoms with van der Waals surface area (Å²) in [6.07, 6.45) is 0. The lowest BCUT2D eigenvalue weighted by molar-refractivity contribution is -0.116. The molecule has 1 N–H and O–H groups in total. The van der Waals surface area contributed by atoms with Crippen molar-refractivity contribution in [1.29, 1.82) is 0 Å². The van der Waals surface area contributed by atoms with Gasteiger partial charge in [-0.25, -0.2) is 4.90 Å². The molecule has 0 aromatic heterocycles. The molecule has 23 heavy (non-hydrogen) atoms. The fraction of sp³-hybridized carbons (Fsp3) is 0.222. The van der Waals surface area contributed by atoms with E-state index in [0.717, 1.165) is 34.1 Å². The average Bonchev–Trinajstić information content (AvgIpc) is 2.76. The largest absolute Gasteiger partial charge is 0.365 e. The first-order chi connectivity index (χ1) is 11.0. The highest BCUT2D eigenvalue weighted by atomic mass is 32.2. The van der Waals surface area contributed by atoms with Gasteiger partial charge in [0.15, 0.2) is 5.37 Å². The third kappa shape index (κ3) is 3.10. The lowest BCUT2D eigenvalue weighted by atomic mass is 10.1. The quantitative estimate of drug-likeness (QED) is 0.916. The summed E-state index contributed by atoms with van der Waals surface area (Å²) in [4.78, 5) is 26.1. The van der Waals surface area contributed by atoms with Crippen molar-refractivity contribution in [3.05, 3.63) is 59.2 Å². The van der Waals surface area contributed by atoms with E-state index in [4.69, 9.17) is 0 Å². The molecule has 1 unspecified atom stereocenters. The second-order valence-corrected chi connectivity index (χ2v) is 6.80. The Bertz CT molecular complexity index is 788. The van der Waals surface area contributed by atoms with Crippen LogP contribution in [0.25, 0.3) is 0 Å². The van der Waals surface area contributed by atoms with E-state index in [1.807, 2.05) is 57.2 Å². The molecule has 0 spiro atoms. The molecule has 2 amide bonds. The van der Waals surface area contributed by atoms with Gasteiger partial charge in [-0.3, -0.25) is 9.59 Å². The van der Waals surface area contributed by atoms with Crippen LogP contribution in [-0.2, 0) is 4.79 Å². The Morgan fingerprint density at radius 2 is 1.74 bits per heavy atom. The average molecular weight is 326 g/mol. The van der Waals surface area contributed by atoms with Gasteiger partial charge in [-0.15, -0.1) is 0 Å². The van der Waals surface area contributed by atoms with E-state index >= 15 is 0 Å². The van der Waals surface area contributed by atoms with Crippen LogP contribution < -0.4 is 10.2 Å². The highest BCUT2D eigenvalue weighted by Gasteiger charge is 2.40. The molecule has 118 valence electrons. The van der Waals surface area contributed by atoms with Crippen LogP contribution in [0.5, 0.6) is 0 Å². The number of benzene rings is 2. The van der Waals surface area contributed by atoms with Gasteiger partial charge < -0.3 is 5.32 Å². The molecule has 0 aliphatic carbocycles. The number of rotatable bonds is 3. The van der Waals surface area contributed by atoms with Gasteiger partial charge in [0, 0.05) is 5.69 Å². The minimum atomic E-state index is -0.593. The summed E-state index contributed by atoms with van der Waals surface area (Å²) in [7, 11) is 0. The maximum atomic E-state index is 12.6. The highest BCUT2D eigenvalue weighted by molar-refractivity contribution is 8.16. The smallest absolute Gasteiger partial charge is 0.295 e. The summed E-state index contributed by atoms with van der Waals surface area (Å²) < 4.78 is 0. The van der Waals surface area contributed by atoms with Crippen molar-refractivity contribution < 1.29 is 9.59 Å². The zero-order valence-corrected chi connectivity index (χ0v) is 14.1. The first kappa shape index (κ1) is 15.6. The molecule has 0 saturated carbocycles. The third-order valence-corrected chi connectivity index (χ3v) is 4.71. The normalized spacial score (nSPS) is 17.7. The van der Waals surface area contributed by atoms with Crippen molar-refractivity contribution in [3.8, 4) is 0 Å². The Morgan fingerprint density at radius 3 is 2.43 bits per heavy atom. The molecule has 1 atom stereocenters. The maximum Gasteiger partial charge on any atom is 0.295 e. The fourth-order valence-electron chi connectivity index (χ4n) is 2.62. The minimum absolute atomic E-state index is 0.231. The Kier molecular flexibility index (Phi) is 4.13. The van der Waals surface area contributed by atoms with E-state index in [0.29, 0.717) is 5.69 Å². The first-order valence-electron chi connectivity index (χ1n) is 7.41. The SMILES string of the molecule is Cc1cccc(N2C(=O)SC(Nc3ccc(C)cc3C)C2=O)c1. The molecule has 0 radical (unpaired) electrons. The van der Waals surface area contributed by atoms with Crippen LogP contribution in [0.15, 0.2) is 42.5 Å². The molecular weight excluding hydrogens is 308 g/mol. The molecule has 4 nitrogen and oxygen atoms in total. The second-order valence-electron chi connectivity index (χ2n) is 5.74. The summed E-state index contributed by atoms with van der Waals surface area (Å²) in [5, 5.41) is 2.34. The van der Waals surface area contributed by atoms with Gasteiger partial charge in [0.2, 0.25) is 0 Å². The van der Waals surface area contributed by atoms with Crippen LogP contribution in [0.2, 0.25) is 0 Å². The molecule has 2 aromatic rings. The number of nitrogens with one attached hydrogen (secondary N) is 1. The zero-order valence-electron chi connectivity index (χ0n) is 13.3. The first-order valence-corrected chi connectivity index (χ1v) is 8.29. The van der Waals surface area contributed by atoms with E-state index in [-0.39, 0.29) is 11.1 Å². The van der Waals surface area contributed by atoms with Crippen molar-refractivity contribution in [1.82, 2.24) is 0 Å². The second kappa shape index (κ2) is 6.08. The molecule has 2 aromatic carbocycles. The number of nitrogens with zero attached hydrogens (tertiary/aromatic N) is 1.